The number of aromatic nitrogens is 1. The van der Waals surface area contributed by atoms with E-state index in [-0.39, 0.29) is 5.56 Å². The van der Waals surface area contributed by atoms with E-state index in [2.05, 4.69) is 26.2 Å². The zero-order valence-electron chi connectivity index (χ0n) is 8.83. The highest BCUT2D eigenvalue weighted by atomic mass is 79.9. The molecule has 2 rings (SSSR count). The van der Waals surface area contributed by atoms with Crippen LogP contribution in [0.2, 0.25) is 0 Å². The molecule has 0 saturated carbocycles. The lowest BCUT2D eigenvalue weighted by Crippen LogP contribution is -2.13. The van der Waals surface area contributed by atoms with Gasteiger partial charge in [-0.05, 0) is 35.0 Å². The lowest BCUT2D eigenvalue weighted by molar-refractivity contribution is 0.102. The normalized spacial score (nSPS) is 10.3. The van der Waals surface area contributed by atoms with Gasteiger partial charge in [0.15, 0.2) is 0 Å². The monoisotopic (exact) mass is 314 g/mol. The van der Waals surface area contributed by atoms with Crippen molar-refractivity contribution >= 4 is 38.2 Å². The van der Waals surface area contributed by atoms with Gasteiger partial charge >= 0.3 is 0 Å². The molecule has 1 amide bonds. The summed E-state index contributed by atoms with van der Waals surface area (Å²) in [7, 11) is 0. The number of halogens is 2. The van der Waals surface area contributed by atoms with E-state index in [4.69, 9.17) is 0 Å². The molecular formula is C11H8BrFN2OS. The van der Waals surface area contributed by atoms with Crippen LogP contribution in [0.3, 0.4) is 0 Å². The molecule has 0 aliphatic rings. The number of nitrogens with one attached hydrogen (secondary N) is 1. The number of hydrogen-bond acceptors (Lipinski definition) is 3. The summed E-state index contributed by atoms with van der Waals surface area (Å²) in [6.07, 6.45) is 1.55. The summed E-state index contributed by atoms with van der Waals surface area (Å²) >= 11 is 4.49. The third-order valence-electron chi connectivity index (χ3n) is 2.05. The molecule has 0 aliphatic carbocycles. The highest BCUT2D eigenvalue weighted by Crippen LogP contribution is 2.23. The number of rotatable bonds is 2. The summed E-state index contributed by atoms with van der Waals surface area (Å²) in [4.78, 5) is 15.9. The van der Waals surface area contributed by atoms with Crippen molar-refractivity contribution in [3.05, 3.63) is 45.3 Å². The van der Waals surface area contributed by atoms with E-state index in [0.29, 0.717) is 9.47 Å². The van der Waals surface area contributed by atoms with Gasteiger partial charge in [0.05, 0.1) is 16.8 Å². The second-order valence-corrected chi connectivity index (χ2v) is 5.38. The van der Waals surface area contributed by atoms with Crippen LogP contribution in [0.25, 0.3) is 0 Å². The Bertz CT molecular complexity index is 550. The second-order valence-electron chi connectivity index (χ2n) is 3.29. The highest BCUT2D eigenvalue weighted by Gasteiger charge is 2.16. The van der Waals surface area contributed by atoms with Crippen LogP contribution in [-0.4, -0.2) is 10.9 Å². The number of aryl methyl sites for hydroxylation is 1. The molecule has 0 spiro atoms. The van der Waals surface area contributed by atoms with Crippen molar-refractivity contribution in [2.24, 2.45) is 0 Å². The maximum Gasteiger partial charge on any atom is 0.260 e. The summed E-state index contributed by atoms with van der Waals surface area (Å²) in [5.41, 5.74) is -0.00134. The minimum Gasteiger partial charge on any atom is -0.312 e. The SMILES string of the molecule is Cc1ncc(NC(=O)c2c(F)cccc2Br)s1. The van der Waals surface area contributed by atoms with E-state index < -0.39 is 11.7 Å². The molecule has 88 valence electrons. The average molecular weight is 315 g/mol. The molecule has 0 radical (unpaired) electrons. The van der Waals surface area contributed by atoms with Crippen molar-refractivity contribution in [1.29, 1.82) is 0 Å². The number of amides is 1. The van der Waals surface area contributed by atoms with Crippen molar-refractivity contribution in [2.45, 2.75) is 6.92 Å². The molecule has 0 aliphatic heterocycles. The molecule has 1 heterocycles. The second kappa shape index (κ2) is 4.93. The van der Waals surface area contributed by atoms with Crippen LogP contribution in [0.1, 0.15) is 15.4 Å². The first kappa shape index (κ1) is 12.2. The first-order valence-corrected chi connectivity index (χ1v) is 6.36. The average Bonchev–Trinajstić information content (AvgIpc) is 2.63. The number of anilines is 1. The molecule has 17 heavy (non-hydrogen) atoms. The van der Waals surface area contributed by atoms with Gasteiger partial charge in [-0.15, -0.1) is 11.3 Å². The summed E-state index contributed by atoms with van der Waals surface area (Å²) in [5.74, 6) is -1.04. The largest absolute Gasteiger partial charge is 0.312 e. The van der Waals surface area contributed by atoms with Crippen LogP contribution in [-0.2, 0) is 0 Å². The molecule has 0 atom stereocenters. The first-order valence-electron chi connectivity index (χ1n) is 4.75. The molecule has 1 N–H and O–H groups in total. The Kier molecular flexibility index (Phi) is 3.54. The Morgan fingerprint density at radius 2 is 2.29 bits per heavy atom. The third kappa shape index (κ3) is 2.70. The minimum atomic E-state index is -0.557. The summed E-state index contributed by atoms with van der Waals surface area (Å²) < 4.78 is 13.9. The summed E-state index contributed by atoms with van der Waals surface area (Å²) in [6.45, 7) is 1.83. The number of benzene rings is 1. The fraction of sp³-hybridized carbons (Fsp3) is 0.0909. The zero-order chi connectivity index (χ0) is 12.4. The predicted octanol–water partition coefficient (Wildman–Crippen LogP) is 3.61. The van der Waals surface area contributed by atoms with E-state index in [9.17, 15) is 9.18 Å². The van der Waals surface area contributed by atoms with Crippen LogP contribution in [0.15, 0.2) is 28.9 Å². The number of carbonyl (C=O) groups excluding carboxylic acids is 1. The van der Waals surface area contributed by atoms with E-state index in [0.717, 1.165) is 5.01 Å². The molecular weight excluding hydrogens is 307 g/mol. The van der Waals surface area contributed by atoms with E-state index >= 15 is 0 Å². The Balaban J connectivity index is 2.26. The fourth-order valence-electron chi connectivity index (χ4n) is 1.31. The molecule has 0 saturated heterocycles. The van der Waals surface area contributed by atoms with Gasteiger partial charge in [0.1, 0.15) is 10.8 Å². The number of thiazole rings is 1. The first-order chi connectivity index (χ1) is 8.08. The van der Waals surface area contributed by atoms with Crippen LogP contribution < -0.4 is 5.32 Å². The van der Waals surface area contributed by atoms with Gasteiger partial charge in [-0.25, -0.2) is 9.37 Å². The number of nitrogens with zero attached hydrogens (tertiary/aromatic N) is 1. The maximum absolute atomic E-state index is 13.5. The Labute approximate surface area is 110 Å². The van der Waals surface area contributed by atoms with Crippen molar-refractivity contribution in [3.8, 4) is 0 Å². The summed E-state index contributed by atoms with van der Waals surface area (Å²) in [5, 5.41) is 4.05. The minimum absolute atomic E-state index is 0.00134. The smallest absolute Gasteiger partial charge is 0.260 e. The molecule has 0 fully saturated rings. The topological polar surface area (TPSA) is 42.0 Å². The van der Waals surface area contributed by atoms with Gasteiger partial charge in [0.25, 0.3) is 5.91 Å². The van der Waals surface area contributed by atoms with Gasteiger partial charge in [0.2, 0.25) is 0 Å². The summed E-state index contributed by atoms with van der Waals surface area (Å²) in [6, 6.07) is 4.40. The van der Waals surface area contributed by atoms with Gasteiger partial charge < -0.3 is 5.32 Å². The molecule has 3 nitrogen and oxygen atoms in total. The molecule has 0 unspecified atom stereocenters. The predicted molar refractivity (Wildman–Crippen MR) is 68.9 cm³/mol. The zero-order valence-corrected chi connectivity index (χ0v) is 11.2. The van der Waals surface area contributed by atoms with Crippen molar-refractivity contribution in [2.75, 3.05) is 5.32 Å². The van der Waals surface area contributed by atoms with Gasteiger partial charge in [-0.3, -0.25) is 4.79 Å². The van der Waals surface area contributed by atoms with Crippen LogP contribution >= 0.6 is 27.3 Å². The highest BCUT2D eigenvalue weighted by molar-refractivity contribution is 9.10. The maximum atomic E-state index is 13.5. The van der Waals surface area contributed by atoms with Crippen molar-refractivity contribution < 1.29 is 9.18 Å². The Hall–Kier alpha value is -1.27. The van der Waals surface area contributed by atoms with Gasteiger partial charge in [0, 0.05) is 4.47 Å². The standard InChI is InChI=1S/C11H8BrFN2OS/c1-6-14-5-9(17-6)15-11(16)10-7(12)3-2-4-8(10)13/h2-5H,1H3,(H,15,16). The molecule has 1 aromatic carbocycles. The van der Waals surface area contributed by atoms with Crippen LogP contribution in [0, 0.1) is 12.7 Å². The molecule has 0 bridgehead atoms. The fourth-order valence-corrected chi connectivity index (χ4v) is 2.50. The lowest BCUT2D eigenvalue weighted by atomic mass is 10.2. The van der Waals surface area contributed by atoms with Crippen molar-refractivity contribution in [3.63, 3.8) is 0 Å². The van der Waals surface area contributed by atoms with Crippen LogP contribution in [0.4, 0.5) is 9.39 Å². The quantitative estimate of drug-likeness (QED) is 0.920. The van der Waals surface area contributed by atoms with E-state index in [1.807, 2.05) is 6.92 Å². The Morgan fingerprint density at radius 1 is 1.53 bits per heavy atom. The molecule has 2 aromatic rings. The molecule has 6 heteroatoms. The van der Waals surface area contributed by atoms with E-state index in [1.165, 1.54) is 23.5 Å². The molecule has 1 aromatic heterocycles. The number of hydrogen-bond donors (Lipinski definition) is 1. The van der Waals surface area contributed by atoms with Gasteiger partial charge in [-0.2, -0.15) is 0 Å². The van der Waals surface area contributed by atoms with Crippen molar-refractivity contribution in [1.82, 2.24) is 4.98 Å². The number of carbonyl (C=O) groups is 1. The van der Waals surface area contributed by atoms with Crippen LogP contribution in [0.5, 0.6) is 0 Å². The van der Waals surface area contributed by atoms with E-state index in [1.54, 1.807) is 12.3 Å². The Morgan fingerprint density at radius 3 is 2.88 bits per heavy atom. The lowest BCUT2D eigenvalue weighted by Gasteiger charge is -2.05. The van der Waals surface area contributed by atoms with Gasteiger partial charge in [-0.1, -0.05) is 6.07 Å². The third-order valence-corrected chi connectivity index (χ3v) is 3.54.